The van der Waals surface area contributed by atoms with E-state index in [0.29, 0.717) is 4.90 Å². The molecule has 96 valence electrons. The summed E-state index contributed by atoms with van der Waals surface area (Å²) in [5, 5.41) is 0.998. The monoisotopic (exact) mass is 318 g/mol. The highest BCUT2D eigenvalue weighted by Crippen LogP contribution is 2.17. The Bertz CT molecular complexity index is 440. The van der Waals surface area contributed by atoms with Crippen LogP contribution in [-0.4, -0.2) is 19.5 Å². The van der Waals surface area contributed by atoms with Gasteiger partial charge in [0.1, 0.15) is 0 Å². The summed E-state index contributed by atoms with van der Waals surface area (Å²) in [6, 6.07) is 7.19. The average Bonchev–Trinajstić information content (AvgIpc) is 2.29. The maximum absolute atomic E-state index is 12.1. The molecule has 0 spiro atoms. The molecule has 0 saturated carbocycles. The van der Waals surface area contributed by atoms with E-state index in [1.165, 1.54) is 0 Å². The summed E-state index contributed by atoms with van der Waals surface area (Å²) in [5.74, 6) is 0.264. The van der Waals surface area contributed by atoms with E-state index in [1.54, 1.807) is 12.1 Å². The molecule has 0 N–H and O–H groups in total. The smallest absolute Gasteiger partial charge is 0.178 e. The molecule has 0 unspecified atom stereocenters. The largest absolute Gasteiger partial charge is 0.224 e. The van der Waals surface area contributed by atoms with Gasteiger partial charge in [-0.05, 0) is 31.4 Å². The Balaban J connectivity index is 2.55. The van der Waals surface area contributed by atoms with Crippen LogP contribution in [0.15, 0.2) is 29.2 Å². The second kappa shape index (κ2) is 7.17. The van der Waals surface area contributed by atoms with Crippen molar-refractivity contribution in [3.63, 3.8) is 0 Å². The minimum atomic E-state index is -3.09. The minimum absolute atomic E-state index is 0.264. The van der Waals surface area contributed by atoms with Crippen molar-refractivity contribution < 1.29 is 8.42 Å². The van der Waals surface area contributed by atoms with Gasteiger partial charge in [-0.2, -0.15) is 0 Å². The predicted octanol–water partition coefficient (Wildman–Crippen LogP) is 3.72. The molecule has 0 radical (unpaired) electrons. The Morgan fingerprint density at radius 2 is 1.71 bits per heavy atom. The molecular weight excluding hydrogens is 300 g/mol. The van der Waals surface area contributed by atoms with Crippen LogP contribution in [0.4, 0.5) is 0 Å². The third-order valence-electron chi connectivity index (χ3n) is 2.73. The summed E-state index contributed by atoms with van der Waals surface area (Å²) in [5.41, 5.74) is 0.841. The summed E-state index contributed by atoms with van der Waals surface area (Å²) in [7, 11) is -3.09. The van der Waals surface area contributed by atoms with Gasteiger partial charge in [-0.3, -0.25) is 0 Å². The first-order valence-electron chi connectivity index (χ1n) is 5.92. The second-order valence-corrected chi connectivity index (χ2v) is 7.06. The molecule has 0 aliphatic rings. The van der Waals surface area contributed by atoms with Crippen molar-refractivity contribution in [2.45, 2.75) is 37.5 Å². The van der Waals surface area contributed by atoms with Gasteiger partial charge in [0.05, 0.1) is 10.6 Å². The van der Waals surface area contributed by atoms with Gasteiger partial charge in [0.15, 0.2) is 9.84 Å². The molecule has 1 rings (SSSR count). The first-order valence-corrected chi connectivity index (χ1v) is 8.69. The van der Waals surface area contributed by atoms with Crippen LogP contribution in [0, 0.1) is 6.92 Å². The Kier molecular flexibility index (Phi) is 6.20. The van der Waals surface area contributed by atoms with Crippen LogP contribution < -0.4 is 0 Å². The van der Waals surface area contributed by atoms with Crippen LogP contribution in [0.3, 0.4) is 0 Å². The molecular formula is C13H19BrO2S. The zero-order valence-electron chi connectivity index (χ0n) is 10.2. The van der Waals surface area contributed by atoms with Crippen molar-refractivity contribution in [2.24, 2.45) is 0 Å². The fourth-order valence-corrected chi connectivity index (χ4v) is 3.80. The maximum atomic E-state index is 12.1. The number of alkyl halides is 1. The summed E-state index contributed by atoms with van der Waals surface area (Å²) < 4.78 is 24.2. The normalized spacial score (nSPS) is 11.6. The molecule has 2 nitrogen and oxygen atoms in total. The molecule has 1 aromatic rings. The number of sulfone groups is 1. The Morgan fingerprint density at radius 3 is 2.35 bits per heavy atom. The van der Waals surface area contributed by atoms with Gasteiger partial charge in [0, 0.05) is 5.33 Å². The molecule has 4 heteroatoms. The lowest BCUT2D eigenvalue weighted by Crippen LogP contribution is -2.08. The highest BCUT2D eigenvalue weighted by Gasteiger charge is 2.15. The first kappa shape index (κ1) is 14.7. The van der Waals surface area contributed by atoms with E-state index in [0.717, 1.165) is 36.6 Å². The van der Waals surface area contributed by atoms with Crippen LogP contribution in [0.5, 0.6) is 0 Å². The molecule has 1 aromatic carbocycles. The fraction of sp³-hybridized carbons (Fsp3) is 0.538. The maximum Gasteiger partial charge on any atom is 0.178 e. The average molecular weight is 319 g/mol. The molecule has 0 atom stereocenters. The topological polar surface area (TPSA) is 34.1 Å². The highest BCUT2D eigenvalue weighted by molar-refractivity contribution is 9.09. The molecule has 0 aliphatic carbocycles. The van der Waals surface area contributed by atoms with Crippen molar-refractivity contribution in [3.05, 3.63) is 29.8 Å². The van der Waals surface area contributed by atoms with Crippen molar-refractivity contribution in [1.82, 2.24) is 0 Å². The third-order valence-corrected chi connectivity index (χ3v) is 5.24. The van der Waals surface area contributed by atoms with E-state index in [2.05, 4.69) is 15.9 Å². The minimum Gasteiger partial charge on any atom is -0.224 e. The molecule has 0 bridgehead atoms. The molecule has 0 fully saturated rings. The summed E-state index contributed by atoms with van der Waals surface area (Å²) >= 11 is 3.37. The van der Waals surface area contributed by atoms with E-state index < -0.39 is 9.84 Å². The number of hydrogen-bond donors (Lipinski definition) is 0. The van der Waals surface area contributed by atoms with Gasteiger partial charge in [0.2, 0.25) is 0 Å². The molecule has 0 saturated heterocycles. The summed E-state index contributed by atoms with van der Waals surface area (Å²) in [4.78, 5) is 0.487. The van der Waals surface area contributed by atoms with Gasteiger partial charge in [-0.15, -0.1) is 0 Å². The van der Waals surface area contributed by atoms with E-state index in [4.69, 9.17) is 0 Å². The predicted molar refractivity (Wildman–Crippen MR) is 75.5 cm³/mol. The lowest BCUT2D eigenvalue weighted by molar-refractivity contribution is 0.588. The third kappa shape index (κ3) is 4.80. The van der Waals surface area contributed by atoms with Gasteiger partial charge >= 0.3 is 0 Å². The van der Waals surface area contributed by atoms with Crippen molar-refractivity contribution >= 4 is 25.8 Å². The molecule has 0 aliphatic heterocycles. The first-order chi connectivity index (χ1) is 8.08. The highest BCUT2D eigenvalue weighted by atomic mass is 79.9. The van der Waals surface area contributed by atoms with Gasteiger partial charge in [-0.25, -0.2) is 8.42 Å². The number of rotatable bonds is 7. The fourth-order valence-electron chi connectivity index (χ4n) is 1.76. The summed E-state index contributed by atoms with van der Waals surface area (Å²) in [6.07, 6.45) is 3.94. The molecule has 0 amide bonds. The Morgan fingerprint density at radius 1 is 1.06 bits per heavy atom. The summed E-state index contributed by atoms with van der Waals surface area (Å²) in [6.45, 7) is 1.84. The van der Waals surface area contributed by atoms with Crippen LogP contribution in [0.2, 0.25) is 0 Å². The number of benzene rings is 1. The molecule has 17 heavy (non-hydrogen) atoms. The zero-order valence-corrected chi connectivity index (χ0v) is 12.6. The van der Waals surface area contributed by atoms with Crippen LogP contribution in [0.25, 0.3) is 0 Å². The quantitative estimate of drug-likeness (QED) is 0.567. The van der Waals surface area contributed by atoms with E-state index in [-0.39, 0.29) is 5.75 Å². The zero-order chi connectivity index (χ0) is 12.7. The van der Waals surface area contributed by atoms with Crippen molar-refractivity contribution in [2.75, 3.05) is 11.1 Å². The van der Waals surface area contributed by atoms with Gasteiger partial charge < -0.3 is 0 Å². The number of unbranched alkanes of at least 4 members (excludes halogenated alkanes) is 3. The molecule has 0 heterocycles. The standard InChI is InChI=1S/C13H19BrO2S/c1-12-8-4-5-9-13(12)17(15,16)11-7-3-2-6-10-14/h4-5,8-9H,2-3,6-7,10-11H2,1H3. The Hall–Kier alpha value is -0.350. The van der Waals surface area contributed by atoms with Gasteiger partial charge in [-0.1, -0.05) is 47.0 Å². The van der Waals surface area contributed by atoms with Crippen LogP contribution >= 0.6 is 15.9 Å². The molecule has 0 aromatic heterocycles. The number of aryl methyl sites for hydroxylation is 1. The van der Waals surface area contributed by atoms with Crippen LogP contribution in [0.1, 0.15) is 31.2 Å². The van der Waals surface area contributed by atoms with E-state index in [1.807, 2.05) is 19.1 Å². The number of hydrogen-bond acceptors (Lipinski definition) is 2. The lowest BCUT2D eigenvalue weighted by Gasteiger charge is -2.07. The van der Waals surface area contributed by atoms with Crippen molar-refractivity contribution in [3.8, 4) is 0 Å². The van der Waals surface area contributed by atoms with E-state index >= 15 is 0 Å². The van der Waals surface area contributed by atoms with Gasteiger partial charge in [0.25, 0.3) is 0 Å². The lowest BCUT2D eigenvalue weighted by atomic mass is 10.2. The van der Waals surface area contributed by atoms with Crippen LogP contribution in [-0.2, 0) is 9.84 Å². The second-order valence-electron chi connectivity index (χ2n) is 4.19. The SMILES string of the molecule is Cc1ccccc1S(=O)(=O)CCCCCCBr. The number of halogens is 1. The Labute approximate surface area is 112 Å². The van der Waals surface area contributed by atoms with E-state index in [9.17, 15) is 8.42 Å². The van der Waals surface area contributed by atoms with Crippen molar-refractivity contribution in [1.29, 1.82) is 0 Å².